The number of phenols is 1. The van der Waals surface area contributed by atoms with Crippen LogP contribution in [0.1, 0.15) is 31.9 Å². The minimum Gasteiger partial charge on any atom is -0.508 e. The van der Waals surface area contributed by atoms with Crippen LogP contribution in [0.25, 0.3) is 32.9 Å². The average Bonchev–Trinajstić information content (AvgIpc) is 3.36. The highest BCUT2D eigenvalue weighted by Gasteiger charge is 2.44. The number of ether oxygens (including phenoxy) is 3. The summed E-state index contributed by atoms with van der Waals surface area (Å²) in [5.74, 6) is 0.568. The fourth-order valence-corrected chi connectivity index (χ4v) is 5.18. The zero-order chi connectivity index (χ0) is 31.0. The number of aliphatic hydroxyl groups is 4. The first kappa shape index (κ1) is 30.7. The second kappa shape index (κ2) is 12.5. The van der Waals surface area contributed by atoms with Gasteiger partial charge in [0.2, 0.25) is 0 Å². The normalized spacial score (nSPS) is 22.9. The van der Waals surface area contributed by atoms with Crippen LogP contribution in [0.15, 0.2) is 61.2 Å². The number of methoxy groups -OCH3 is 1. The molecule has 0 aliphatic carbocycles. The van der Waals surface area contributed by atoms with Crippen LogP contribution in [-0.2, 0) is 22.3 Å². The molecule has 5 atom stereocenters. The zero-order valence-corrected chi connectivity index (χ0v) is 24.4. The first-order chi connectivity index (χ1) is 20.5. The van der Waals surface area contributed by atoms with Crippen LogP contribution in [0.3, 0.4) is 0 Å². The van der Waals surface area contributed by atoms with E-state index in [0.29, 0.717) is 45.1 Å². The van der Waals surface area contributed by atoms with E-state index in [0.717, 1.165) is 16.7 Å². The van der Waals surface area contributed by atoms with Crippen molar-refractivity contribution >= 4 is 32.9 Å². The summed E-state index contributed by atoms with van der Waals surface area (Å²) < 4.78 is 28.3. The highest BCUT2D eigenvalue weighted by Crippen LogP contribution is 2.37. The maximum Gasteiger partial charge on any atom is 0.348 e. The smallest absolute Gasteiger partial charge is 0.348 e. The van der Waals surface area contributed by atoms with E-state index in [2.05, 4.69) is 6.08 Å². The van der Waals surface area contributed by atoms with Crippen molar-refractivity contribution in [2.45, 2.75) is 64.3 Å². The largest absolute Gasteiger partial charge is 0.508 e. The molecule has 1 aliphatic rings. The van der Waals surface area contributed by atoms with Crippen molar-refractivity contribution < 1.29 is 48.6 Å². The van der Waals surface area contributed by atoms with Crippen LogP contribution in [0.2, 0.25) is 0 Å². The van der Waals surface area contributed by atoms with Crippen molar-refractivity contribution in [3.8, 4) is 11.5 Å². The van der Waals surface area contributed by atoms with E-state index in [1.54, 1.807) is 32.2 Å². The van der Waals surface area contributed by atoms with Crippen LogP contribution in [0.5, 0.6) is 11.5 Å². The molecule has 11 heteroatoms. The Morgan fingerprint density at radius 3 is 2.30 bits per heavy atom. The SMILES string of the molecule is COc1cc2oc3c4cc(C/C=C(\C)CO[C@@H]5O[C@H](CO)[C@H](O)[C@H](O)[C@H]5O)c(O)cc4oc(=O)c3c2cc1CC=C(C)C. The Bertz CT molecular complexity index is 1760. The van der Waals surface area contributed by atoms with E-state index >= 15 is 0 Å². The predicted molar refractivity (Wildman–Crippen MR) is 158 cm³/mol. The molecule has 1 aliphatic heterocycles. The number of allylic oxidation sites excluding steroid dienone is 3. The summed E-state index contributed by atoms with van der Waals surface area (Å²) in [5, 5.41) is 51.6. The van der Waals surface area contributed by atoms with E-state index in [9.17, 15) is 30.3 Å². The van der Waals surface area contributed by atoms with E-state index in [1.807, 2.05) is 19.9 Å². The number of aliphatic hydroxyl groups excluding tert-OH is 4. The molecule has 1 saturated heterocycles. The van der Waals surface area contributed by atoms with Gasteiger partial charge >= 0.3 is 5.63 Å². The van der Waals surface area contributed by atoms with Crippen molar-refractivity contribution in [2.24, 2.45) is 0 Å². The molecule has 1 fully saturated rings. The topological polar surface area (TPSA) is 172 Å². The lowest BCUT2D eigenvalue weighted by molar-refractivity contribution is -0.299. The fraction of sp³-hybridized carbons (Fsp3) is 0.406. The number of benzene rings is 2. The summed E-state index contributed by atoms with van der Waals surface area (Å²) in [4.78, 5) is 13.1. The zero-order valence-electron chi connectivity index (χ0n) is 24.4. The molecule has 2 aromatic heterocycles. The number of phenolic OH excluding ortho intramolecular Hbond substituents is 1. The monoisotopic (exact) mass is 596 g/mol. The van der Waals surface area contributed by atoms with Gasteiger partial charge in [0.15, 0.2) is 11.9 Å². The van der Waals surface area contributed by atoms with Gasteiger partial charge in [-0.2, -0.15) is 0 Å². The second-order valence-electron chi connectivity index (χ2n) is 11.1. The van der Waals surface area contributed by atoms with Crippen LogP contribution < -0.4 is 10.4 Å². The third-order valence-electron chi connectivity index (χ3n) is 7.65. The van der Waals surface area contributed by atoms with Gasteiger partial charge in [0.05, 0.1) is 25.7 Å². The molecule has 43 heavy (non-hydrogen) atoms. The molecular weight excluding hydrogens is 560 g/mol. The number of hydrogen-bond donors (Lipinski definition) is 5. The Morgan fingerprint density at radius 2 is 1.60 bits per heavy atom. The van der Waals surface area contributed by atoms with Crippen molar-refractivity contribution in [2.75, 3.05) is 20.3 Å². The Hall–Kier alpha value is -3.71. The molecule has 5 N–H and O–H groups in total. The Kier molecular flexibility index (Phi) is 8.93. The molecule has 0 radical (unpaired) electrons. The van der Waals surface area contributed by atoms with Crippen LogP contribution in [0.4, 0.5) is 0 Å². The maximum atomic E-state index is 13.1. The Balaban J connectivity index is 1.44. The molecule has 4 aromatic rings. The first-order valence-electron chi connectivity index (χ1n) is 13.9. The van der Waals surface area contributed by atoms with Crippen LogP contribution >= 0.6 is 0 Å². The predicted octanol–water partition coefficient (Wildman–Crippen LogP) is 3.22. The fourth-order valence-electron chi connectivity index (χ4n) is 5.18. The van der Waals surface area contributed by atoms with Gasteiger partial charge in [-0.05, 0) is 56.9 Å². The molecule has 0 amide bonds. The lowest BCUT2D eigenvalue weighted by Gasteiger charge is -2.39. The highest BCUT2D eigenvalue weighted by molar-refractivity contribution is 6.13. The van der Waals surface area contributed by atoms with Crippen LogP contribution in [-0.4, -0.2) is 76.6 Å². The first-order valence-corrected chi connectivity index (χ1v) is 13.9. The molecule has 0 saturated carbocycles. The Labute approximate surface area is 246 Å². The van der Waals surface area contributed by atoms with Gasteiger partial charge in [-0.15, -0.1) is 0 Å². The number of furan rings is 1. The lowest BCUT2D eigenvalue weighted by atomic mass is 9.99. The quantitative estimate of drug-likeness (QED) is 0.142. The van der Waals surface area contributed by atoms with E-state index in [4.69, 9.17) is 23.0 Å². The molecule has 11 nitrogen and oxygen atoms in total. The third-order valence-corrected chi connectivity index (χ3v) is 7.65. The van der Waals surface area contributed by atoms with E-state index < -0.39 is 42.9 Å². The number of aromatic hydroxyl groups is 1. The molecule has 3 heterocycles. The lowest BCUT2D eigenvalue weighted by Crippen LogP contribution is -2.59. The molecule has 5 rings (SSSR count). The van der Waals surface area contributed by atoms with Gasteiger partial charge in [0, 0.05) is 17.5 Å². The van der Waals surface area contributed by atoms with E-state index in [-0.39, 0.29) is 24.4 Å². The van der Waals surface area contributed by atoms with Gasteiger partial charge < -0.3 is 48.6 Å². The molecular formula is C32H36O11. The van der Waals surface area contributed by atoms with Crippen molar-refractivity contribution in [1.82, 2.24) is 0 Å². The van der Waals surface area contributed by atoms with Crippen molar-refractivity contribution in [3.63, 3.8) is 0 Å². The summed E-state index contributed by atoms with van der Waals surface area (Å²) in [6.45, 7) is 5.26. The van der Waals surface area contributed by atoms with Crippen molar-refractivity contribution in [3.05, 3.63) is 69.1 Å². The van der Waals surface area contributed by atoms with Crippen molar-refractivity contribution in [1.29, 1.82) is 0 Å². The molecule has 2 aromatic carbocycles. The van der Waals surface area contributed by atoms with Gasteiger partial charge in [-0.25, -0.2) is 4.79 Å². The number of fused-ring (bicyclic) bond motifs is 5. The molecule has 0 bridgehead atoms. The maximum absolute atomic E-state index is 13.1. The summed E-state index contributed by atoms with van der Waals surface area (Å²) in [6, 6.07) is 6.73. The van der Waals surface area contributed by atoms with Gasteiger partial charge in [0.1, 0.15) is 52.5 Å². The number of rotatable bonds is 9. The van der Waals surface area contributed by atoms with Gasteiger partial charge in [-0.3, -0.25) is 0 Å². The molecule has 0 spiro atoms. The Morgan fingerprint density at radius 1 is 0.907 bits per heavy atom. The van der Waals surface area contributed by atoms with Gasteiger partial charge in [-0.1, -0.05) is 23.3 Å². The number of hydrogen-bond acceptors (Lipinski definition) is 11. The minimum absolute atomic E-state index is 0.0106. The highest BCUT2D eigenvalue weighted by atomic mass is 16.7. The molecule has 0 unspecified atom stereocenters. The molecule has 230 valence electrons. The summed E-state index contributed by atoms with van der Waals surface area (Å²) >= 11 is 0. The van der Waals surface area contributed by atoms with E-state index in [1.165, 1.54) is 6.07 Å². The summed E-state index contributed by atoms with van der Waals surface area (Å²) in [6.07, 6.45) is -2.04. The summed E-state index contributed by atoms with van der Waals surface area (Å²) in [7, 11) is 1.58. The average molecular weight is 597 g/mol. The standard InChI is InChI=1S/C32H36O11/c1-15(2)5-7-18-10-19-24(12-22(18)39-4)41-30-20-9-17(21(34)11-23(20)42-31(38)26(19)30)8-6-16(3)14-40-32-29(37)28(36)27(35)25(13-33)43-32/h5-6,9-12,25,27-29,32-37H,7-8,13-14H2,1-4H3/b16-6+/t25-,27+,28+,29-,32-/m1/s1. The third kappa shape index (κ3) is 6.05. The second-order valence-corrected chi connectivity index (χ2v) is 11.1. The van der Waals surface area contributed by atoms with Gasteiger partial charge in [0.25, 0.3) is 0 Å². The summed E-state index contributed by atoms with van der Waals surface area (Å²) in [5.41, 5.74) is 3.74. The van der Waals surface area contributed by atoms with Crippen LogP contribution in [0, 0.1) is 0 Å². The minimum atomic E-state index is -1.53.